The molecule has 3 nitrogen and oxygen atoms in total. The molecule has 2 rings (SSSR count). The van der Waals surface area contributed by atoms with Crippen LogP contribution in [0.4, 0.5) is 0 Å². The van der Waals surface area contributed by atoms with Crippen molar-refractivity contribution in [2.45, 2.75) is 50.6 Å². The van der Waals surface area contributed by atoms with Gasteiger partial charge in [0.1, 0.15) is 0 Å². The van der Waals surface area contributed by atoms with Gasteiger partial charge in [0.2, 0.25) is 5.91 Å². The number of nitrogens with one attached hydrogen (secondary N) is 1. The molecule has 0 spiro atoms. The summed E-state index contributed by atoms with van der Waals surface area (Å²) in [4.78, 5) is 14.4. The van der Waals surface area contributed by atoms with Crippen LogP contribution in [0.25, 0.3) is 0 Å². The van der Waals surface area contributed by atoms with E-state index in [2.05, 4.69) is 31.5 Å². The van der Waals surface area contributed by atoms with Gasteiger partial charge in [0, 0.05) is 12.6 Å². The molecule has 1 heterocycles. The van der Waals surface area contributed by atoms with Crippen molar-refractivity contribution in [1.82, 2.24) is 9.99 Å². The number of amides is 1. The van der Waals surface area contributed by atoms with Gasteiger partial charge in [-0.25, -0.2) is 0 Å². The smallest absolute Gasteiger partial charge is 0.240 e. The SMILES string of the molecule is O=C1C(NP)CC=CCN1C1CCCCC1. The molecule has 90 valence electrons. The van der Waals surface area contributed by atoms with Gasteiger partial charge >= 0.3 is 0 Å². The second-order valence-corrected chi connectivity index (χ2v) is 5.04. The van der Waals surface area contributed by atoms with Crippen LogP contribution in [0.1, 0.15) is 38.5 Å². The van der Waals surface area contributed by atoms with Crippen LogP contribution in [0.5, 0.6) is 0 Å². The first-order chi connectivity index (χ1) is 7.83. The predicted molar refractivity (Wildman–Crippen MR) is 69.0 cm³/mol. The molecule has 1 N–H and O–H groups in total. The van der Waals surface area contributed by atoms with Crippen LogP contribution >= 0.6 is 9.39 Å². The Labute approximate surface area is 99.9 Å². The number of carbonyl (C=O) groups is 1. The van der Waals surface area contributed by atoms with E-state index in [1.807, 2.05) is 0 Å². The van der Waals surface area contributed by atoms with Gasteiger partial charge < -0.3 is 4.90 Å². The normalized spacial score (nSPS) is 28.2. The first-order valence-corrected chi connectivity index (χ1v) is 6.82. The van der Waals surface area contributed by atoms with Crippen LogP contribution in [0.15, 0.2) is 12.2 Å². The van der Waals surface area contributed by atoms with Gasteiger partial charge in [0.25, 0.3) is 0 Å². The van der Waals surface area contributed by atoms with Crippen molar-refractivity contribution in [3.05, 3.63) is 12.2 Å². The Bertz CT molecular complexity index is 274. The van der Waals surface area contributed by atoms with Gasteiger partial charge in [-0.2, -0.15) is 0 Å². The minimum Gasteiger partial charge on any atom is -0.335 e. The average Bonchev–Trinajstić information content (AvgIpc) is 2.52. The maximum Gasteiger partial charge on any atom is 0.240 e. The van der Waals surface area contributed by atoms with Crippen LogP contribution in [0.3, 0.4) is 0 Å². The molecule has 1 amide bonds. The Morgan fingerprint density at radius 3 is 2.69 bits per heavy atom. The van der Waals surface area contributed by atoms with Crippen molar-refractivity contribution in [1.29, 1.82) is 0 Å². The molecular weight excluding hydrogens is 219 g/mol. The molecule has 0 bridgehead atoms. The minimum absolute atomic E-state index is 0.0503. The summed E-state index contributed by atoms with van der Waals surface area (Å²) in [6.07, 6.45) is 11.3. The highest BCUT2D eigenvalue weighted by atomic mass is 31.0. The van der Waals surface area contributed by atoms with Gasteiger partial charge in [-0.3, -0.25) is 9.88 Å². The maximum absolute atomic E-state index is 12.3. The van der Waals surface area contributed by atoms with E-state index in [0.717, 1.165) is 13.0 Å². The standard InChI is InChI=1S/C12H21N2OP/c15-12-11(13-16)8-4-5-9-14(12)10-6-2-1-3-7-10/h4-5,10-11,13H,1-3,6-9,16H2. The Hall–Kier alpha value is -0.400. The third-order valence-electron chi connectivity index (χ3n) is 3.64. The lowest BCUT2D eigenvalue weighted by Crippen LogP contribution is -2.48. The number of rotatable bonds is 2. The molecular formula is C12H21N2OP. The summed E-state index contributed by atoms with van der Waals surface area (Å²) in [6.45, 7) is 0.798. The van der Waals surface area contributed by atoms with Gasteiger partial charge in [0.15, 0.2) is 0 Å². The summed E-state index contributed by atoms with van der Waals surface area (Å²) in [6, 6.07) is 0.426. The fourth-order valence-corrected chi connectivity index (χ4v) is 2.95. The molecule has 2 unspecified atom stereocenters. The zero-order valence-corrected chi connectivity index (χ0v) is 10.8. The van der Waals surface area contributed by atoms with Crippen molar-refractivity contribution in [3.63, 3.8) is 0 Å². The van der Waals surface area contributed by atoms with Crippen LogP contribution in [-0.4, -0.2) is 29.4 Å². The third-order valence-corrected chi connectivity index (χ3v) is 4.04. The van der Waals surface area contributed by atoms with Crippen molar-refractivity contribution < 1.29 is 4.79 Å². The van der Waals surface area contributed by atoms with Crippen LogP contribution in [-0.2, 0) is 4.79 Å². The maximum atomic E-state index is 12.3. The van der Waals surface area contributed by atoms with Gasteiger partial charge in [-0.15, -0.1) is 0 Å². The van der Waals surface area contributed by atoms with Gasteiger partial charge in [-0.1, -0.05) is 40.8 Å². The molecule has 2 atom stereocenters. The zero-order valence-electron chi connectivity index (χ0n) is 9.69. The molecule has 0 aromatic heterocycles. The van der Waals surface area contributed by atoms with Crippen molar-refractivity contribution in [2.75, 3.05) is 6.54 Å². The molecule has 2 aliphatic rings. The average molecular weight is 240 g/mol. The lowest BCUT2D eigenvalue weighted by atomic mass is 9.94. The highest BCUT2D eigenvalue weighted by Gasteiger charge is 2.29. The fraction of sp³-hybridized carbons (Fsp3) is 0.750. The Morgan fingerprint density at radius 1 is 1.25 bits per heavy atom. The van der Waals surface area contributed by atoms with E-state index in [1.54, 1.807) is 0 Å². The number of nitrogens with zero attached hydrogens (tertiary/aromatic N) is 1. The summed E-state index contributed by atoms with van der Waals surface area (Å²) in [5.74, 6) is 0.270. The predicted octanol–water partition coefficient (Wildman–Crippen LogP) is 1.86. The van der Waals surface area contributed by atoms with Crippen molar-refractivity contribution in [2.24, 2.45) is 0 Å². The first kappa shape index (κ1) is 12.1. The fourth-order valence-electron chi connectivity index (χ4n) is 2.67. The molecule has 0 saturated heterocycles. The molecule has 0 aromatic carbocycles. The largest absolute Gasteiger partial charge is 0.335 e. The summed E-state index contributed by atoms with van der Waals surface area (Å²) in [7, 11) is 2.47. The molecule has 1 aliphatic carbocycles. The third kappa shape index (κ3) is 2.64. The molecule has 16 heavy (non-hydrogen) atoms. The van der Waals surface area contributed by atoms with Crippen LogP contribution < -0.4 is 5.09 Å². The molecule has 0 aromatic rings. The lowest BCUT2D eigenvalue weighted by molar-refractivity contribution is -0.135. The van der Waals surface area contributed by atoms with E-state index in [4.69, 9.17) is 0 Å². The summed E-state index contributed by atoms with van der Waals surface area (Å²) >= 11 is 0. The summed E-state index contributed by atoms with van der Waals surface area (Å²) in [5, 5.41) is 3.04. The van der Waals surface area contributed by atoms with Crippen LogP contribution in [0.2, 0.25) is 0 Å². The Balaban J connectivity index is 2.05. The minimum atomic E-state index is -0.0503. The van der Waals surface area contributed by atoms with E-state index in [1.165, 1.54) is 32.1 Å². The van der Waals surface area contributed by atoms with Gasteiger partial charge in [-0.05, 0) is 19.3 Å². The quantitative estimate of drug-likeness (QED) is 0.590. The second kappa shape index (κ2) is 5.79. The zero-order chi connectivity index (χ0) is 11.4. The molecule has 4 heteroatoms. The Kier molecular flexibility index (Phi) is 4.37. The monoisotopic (exact) mass is 240 g/mol. The number of hydrogen-bond donors (Lipinski definition) is 1. The summed E-state index contributed by atoms with van der Waals surface area (Å²) < 4.78 is 0. The Morgan fingerprint density at radius 2 is 2.00 bits per heavy atom. The topological polar surface area (TPSA) is 32.3 Å². The van der Waals surface area contributed by atoms with E-state index in [9.17, 15) is 4.79 Å². The molecule has 1 aliphatic heterocycles. The van der Waals surface area contributed by atoms with Crippen LogP contribution in [0, 0.1) is 0 Å². The van der Waals surface area contributed by atoms with E-state index in [-0.39, 0.29) is 11.9 Å². The summed E-state index contributed by atoms with van der Waals surface area (Å²) in [5.41, 5.74) is 0. The highest BCUT2D eigenvalue weighted by Crippen LogP contribution is 2.24. The highest BCUT2D eigenvalue weighted by molar-refractivity contribution is 7.13. The lowest BCUT2D eigenvalue weighted by Gasteiger charge is -2.34. The number of carbonyl (C=O) groups excluding carboxylic acids is 1. The van der Waals surface area contributed by atoms with E-state index >= 15 is 0 Å². The van der Waals surface area contributed by atoms with Crippen molar-refractivity contribution in [3.8, 4) is 0 Å². The van der Waals surface area contributed by atoms with Crippen molar-refractivity contribution >= 4 is 15.3 Å². The number of hydrogen-bond acceptors (Lipinski definition) is 2. The van der Waals surface area contributed by atoms with Gasteiger partial charge in [0.05, 0.1) is 6.04 Å². The van der Waals surface area contributed by atoms with E-state index < -0.39 is 0 Å². The molecule has 1 saturated carbocycles. The second-order valence-electron chi connectivity index (χ2n) is 4.71. The molecule has 1 fully saturated rings. The first-order valence-electron chi connectivity index (χ1n) is 6.24. The van der Waals surface area contributed by atoms with E-state index in [0.29, 0.717) is 6.04 Å². The molecule has 0 radical (unpaired) electrons.